The number of unbranched alkanes of at least 4 members (excludes halogenated alkanes) is 16. The number of aliphatic carboxylic acids is 2. The van der Waals surface area contributed by atoms with Gasteiger partial charge in [0.15, 0.2) is 0 Å². The maximum Gasteiger partial charge on any atom is 0.303 e. The summed E-state index contributed by atoms with van der Waals surface area (Å²) >= 11 is 0. The van der Waals surface area contributed by atoms with Gasteiger partial charge in [0.25, 0.3) is 0 Å². The van der Waals surface area contributed by atoms with Gasteiger partial charge in [-0.25, -0.2) is 0 Å². The molecule has 0 aliphatic carbocycles. The van der Waals surface area contributed by atoms with Crippen molar-refractivity contribution in [3.8, 4) is 0 Å². The Bertz CT molecular complexity index is 596. The van der Waals surface area contributed by atoms with E-state index in [2.05, 4.69) is 62.5 Å². The fraction of sp³-hybridized carbons (Fsp3) is 0.722. The maximum atomic E-state index is 10.3. The van der Waals surface area contributed by atoms with Crippen molar-refractivity contribution in [1.82, 2.24) is 0 Å². The van der Waals surface area contributed by atoms with Gasteiger partial charge in [-0.2, -0.15) is 0 Å². The molecule has 0 bridgehead atoms. The van der Waals surface area contributed by atoms with E-state index in [1.165, 1.54) is 89.9 Å². The largest absolute Gasteiger partial charge is 0.481 e. The molecule has 0 heterocycles. The molecule has 2 N–H and O–H groups in total. The van der Waals surface area contributed by atoms with Gasteiger partial charge >= 0.3 is 11.9 Å². The second-order valence-corrected chi connectivity index (χ2v) is 10.7. The molecule has 0 spiro atoms. The van der Waals surface area contributed by atoms with E-state index in [1.54, 1.807) is 0 Å². The van der Waals surface area contributed by atoms with Gasteiger partial charge in [-0.05, 0) is 77.0 Å². The van der Waals surface area contributed by atoms with Crippen LogP contribution in [0.25, 0.3) is 0 Å². The van der Waals surface area contributed by atoms with Crippen LogP contribution in [0, 0.1) is 0 Å². The molecule has 0 saturated carbocycles. The van der Waals surface area contributed by atoms with E-state index in [0.717, 1.165) is 51.4 Å². The zero-order valence-electron chi connectivity index (χ0n) is 26.8. The average molecular weight is 768 g/mol. The van der Waals surface area contributed by atoms with E-state index in [9.17, 15) is 9.59 Å². The Hall–Kier alpha value is -1.18. The monoisotopic (exact) mass is 768 g/mol. The first-order valence-electron chi connectivity index (χ1n) is 16.6. The Kier molecular flexibility index (Phi) is 44.2. The molecule has 0 aliphatic rings. The summed E-state index contributed by atoms with van der Waals surface area (Å²) in [7, 11) is 0. The summed E-state index contributed by atoms with van der Waals surface area (Å²) < 4.78 is 0. The molecular weight excluding hydrogens is 704 g/mol. The molecule has 0 aromatic rings. The van der Waals surface area contributed by atoms with Crippen LogP contribution in [-0.4, -0.2) is 49.5 Å². The van der Waals surface area contributed by atoms with Gasteiger partial charge in [-0.3, -0.25) is 9.59 Å². The smallest absolute Gasteiger partial charge is 0.303 e. The van der Waals surface area contributed by atoms with Crippen LogP contribution in [0.15, 0.2) is 48.6 Å². The fourth-order valence-corrected chi connectivity index (χ4v) is 4.18. The molecular formula is C36H64O4Pb. The summed E-state index contributed by atoms with van der Waals surface area (Å²) in [5.41, 5.74) is 0. The second-order valence-electron chi connectivity index (χ2n) is 10.7. The Morgan fingerprint density at radius 1 is 0.415 bits per heavy atom. The molecule has 5 heteroatoms. The van der Waals surface area contributed by atoms with Crippen LogP contribution in [0.2, 0.25) is 0 Å². The van der Waals surface area contributed by atoms with Crippen molar-refractivity contribution in [3.05, 3.63) is 48.6 Å². The first-order chi connectivity index (χ1) is 19.5. The van der Waals surface area contributed by atoms with Crippen molar-refractivity contribution in [2.75, 3.05) is 0 Å². The van der Waals surface area contributed by atoms with Crippen molar-refractivity contribution >= 4 is 39.2 Å². The number of hydrogen-bond acceptors (Lipinski definition) is 2. The summed E-state index contributed by atoms with van der Waals surface area (Å²) in [6.07, 6.45) is 44.6. The Morgan fingerprint density at radius 2 is 0.683 bits per heavy atom. The molecule has 0 unspecified atom stereocenters. The first kappa shape index (κ1) is 44.3. The van der Waals surface area contributed by atoms with Crippen LogP contribution in [0.3, 0.4) is 0 Å². The Morgan fingerprint density at radius 3 is 0.976 bits per heavy atom. The molecule has 0 saturated heterocycles. The predicted molar refractivity (Wildman–Crippen MR) is 180 cm³/mol. The molecule has 0 aromatic carbocycles. The normalized spacial score (nSPS) is 11.4. The quantitative estimate of drug-likeness (QED) is 0.0472. The summed E-state index contributed by atoms with van der Waals surface area (Å²) in [5, 5.41) is 17.0. The van der Waals surface area contributed by atoms with E-state index in [4.69, 9.17) is 10.2 Å². The molecule has 0 aromatic heterocycles. The molecule has 4 radical (unpaired) electrons. The van der Waals surface area contributed by atoms with Crippen LogP contribution in [0.5, 0.6) is 0 Å². The van der Waals surface area contributed by atoms with Crippen molar-refractivity contribution < 1.29 is 19.8 Å². The van der Waals surface area contributed by atoms with Gasteiger partial charge in [-0.1, -0.05) is 127 Å². The third kappa shape index (κ3) is 48.9. The van der Waals surface area contributed by atoms with Crippen molar-refractivity contribution in [2.45, 2.75) is 168 Å². The van der Waals surface area contributed by atoms with E-state index >= 15 is 0 Å². The third-order valence-corrected chi connectivity index (χ3v) is 6.68. The summed E-state index contributed by atoms with van der Waals surface area (Å²) in [6.45, 7) is 4.47. The number of rotatable bonds is 28. The fourth-order valence-electron chi connectivity index (χ4n) is 4.18. The van der Waals surface area contributed by atoms with Gasteiger partial charge in [0.1, 0.15) is 0 Å². The summed E-state index contributed by atoms with van der Waals surface area (Å²) in [6, 6.07) is 0. The number of carboxylic acid groups (broad SMARTS) is 2. The summed E-state index contributed by atoms with van der Waals surface area (Å²) in [5.74, 6) is -1.34. The topological polar surface area (TPSA) is 74.6 Å². The Labute approximate surface area is 274 Å². The SMILES string of the molecule is CCCCC/C=C\C/C=C\CCCCCCCC(=O)O.CCCCC/C=C\C/C=C\CCCCCCCC(=O)O.[Pb]. The van der Waals surface area contributed by atoms with Gasteiger partial charge in [0, 0.05) is 40.1 Å². The molecule has 0 aliphatic heterocycles. The molecule has 0 rings (SSSR count). The van der Waals surface area contributed by atoms with E-state index < -0.39 is 11.9 Å². The van der Waals surface area contributed by atoms with Crippen LogP contribution >= 0.6 is 0 Å². The Balaban J connectivity index is -0.000000688. The van der Waals surface area contributed by atoms with Gasteiger partial charge in [-0.15, -0.1) is 0 Å². The molecule has 4 nitrogen and oxygen atoms in total. The number of hydrogen-bond donors (Lipinski definition) is 2. The van der Waals surface area contributed by atoms with Crippen molar-refractivity contribution in [3.63, 3.8) is 0 Å². The minimum atomic E-state index is -0.671. The number of carboxylic acids is 2. The minimum Gasteiger partial charge on any atom is -0.481 e. The van der Waals surface area contributed by atoms with E-state index in [0.29, 0.717) is 12.8 Å². The third-order valence-electron chi connectivity index (χ3n) is 6.68. The van der Waals surface area contributed by atoms with E-state index in [1.807, 2.05) is 0 Å². The molecule has 41 heavy (non-hydrogen) atoms. The van der Waals surface area contributed by atoms with Crippen LogP contribution in [0.1, 0.15) is 168 Å². The van der Waals surface area contributed by atoms with Gasteiger partial charge < -0.3 is 10.2 Å². The van der Waals surface area contributed by atoms with Gasteiger partial charge in [0.2, 0.25) is 0 Å². The van der Waals surface area contributed by atoms with Crippen LogP contribution in [-0.2, 0) is 9.59 Å². The van der Waals surface area contributed by atoms with Crippen LogP contribution in [0.4, 0.5) is 0 Å². The van der Waals surface area contributed by atoms with Crippen LogP contribution < -0.4 is 0 Å². The maximum absolute atomic E-state index is 10.3. The zero-order chi connectivity index (χ0) is 29.8. The minimum absolute atomic E-state index is 0. The predicted octanol–water partition coefficient (Wildman–Crippen LogP) is 11.4. The number of carbonyl (C=O) groups is 2. The first-order valence-corrected chi connectivity index (χ1v) is 16.6. The molecule has 236 valence electrons. The molecule has 0 fully saturated rings. The standard InChI is InChI=1S/2C18H32O2.Pb/c2*1-2-3-4-5-6-7-8-9-10-11-12-13-14-15-16-17-18(19)20;/h2*6-7,9-10H,2-5,8,11-17H2,1H3,(H,19,20);/b2*7-6-,10-9-;. The number of allylic oxidation sites excluding steroid dienone is 8. The van der Waals surface area contributed by atoms with Crippen molar-refractivity contribution in [1.29, 1.82) is 0 Å². The van der Waals surface area contributed by atoms with Crippen molar-refractivity contribution in [2.24, 2.45) is 0 Å². The van der Waals surface area contributed by atoms with E-state index in [-0.39, 0.29) is 27.3 Å². The second kappa shape index (κ2) is 41.0. The molecule has 0 atom stereocenters. The van der Waals surface area contributed by atoms with Gasteiger partial charge in [0.05, 0.1) is 0 Å². The summed E-state index contributed by atoms with van der Waals surface area (Å²) in [4.78, 5) is 20.6. The average Bonchev–Trinajstić information content (AvgIpc) is 2.93. The zero-order valence-corrected chi connectivity index (χ0v) is 30.7. The molecule has 0 amide bonds.